The number of ether oxygens (including phenoxy) is 1. The monoisotopic (exact) mass is 464 g/mol. The highest BCUT2D eigenvalue weighted by atomic mass is 31.2. The van der Waals surface area contributed by atoms with Gasteiger partial charge in [0.05, 0.1) is 19.6 Å². The standard InChI is InChI=1S/C21H41N2O7P/c1-7-10-11-12-13-14-15-18(24)22-23-19(25)16-17(20(26)30-21(4,5)6)31(27,28-8-2)29-9-3/h17H,7-16H2,1-6H3,(H,22,24)(H,23,25). The van der Waals surface area contributed by atoms with Crippen molar-refractivity contribution in [1.29, 1.82) is 0 Å². The lowest BCUT2D eigenvalue weighted by Crippen LogP contribution is -2.44. The van der Waals surface area contributed by atoms with Gasteiger partial charge in [0.1, 0.15) is 5.60 Å². The third-order valence-corrected chi connectivity index (χ3v) is 6.55. The molecule has 0 aliphatic rings. The molecule has 0 rings (SSSR count). The van der Waals surface area contributed by atoms with Crippen LogP contribution in [0.3, 0.4) is 0 Å². The number of amides is 2. The van der Waals surface area contributed by atoms with E-state index >= 15 is 0 Å². The molecule has 0 saturated heterocycles. The lowest BCUT2D eigenvalue weighted by Gasteiger charge is -2.28. The first kappa shape index (κ1) is 29.6. The highest BCUT2D eigenvalue weighted by molar-refractivity contribution is 7.55. The van der Waals surface area contributed by atoms with Gasteiger partial charge >= 0.3 is 13.6 Å². The van der Waals surface area contributed by atoms with Crippen LogP contribution in [0.5, 0.6) is 0 Å². The topological polar surface area (TPSA) is 120 Å². The highest BCUT2D eigenvalue weighted by Crippen LogP contribution is 2.54. The summed E-state index contributed by atoms with van der Waals surface area (Å²) in [5.41, 5.74) is 2.31. The summed E-state index contributed by atoms with van der Waals surface area (Å²) in [5, 5.41) is 0. The van der Waals surface area contributed by atoms with Crippen molar-refractivity contribution in [2.45, 2.75) is 104 Å². The average Bonchev–Trinajstić information content (AvgIpc) is 2.66. The Labute approximate surface area is 186 Å². The van der Waals surface area contributed by atoms with E-state index < -0.39 is 37.2 Å². The first-order valence-electron chi connectivity index (χ1n) is 11.2. The fourth-order valence-corrected chi connectivity index (χ4v) is 4.62. The maximum atomic E-state index is 13.2. The van der Waals surface area contributed by atoms with Gasteiger partial charge in [0.25, 0.3) is 0 Å². The molecule has 2 N–H and O–H groups in total. The lowest BCUT2D eigenvalue weighted by molar-refractivity contribution is -0.155. The van der Waals surface area contributed by atoms with E-state index in [1.165, 1.54) is 6.42 Å². The van der Waals surface area contributed by atoms with Gasteiger partial charge in [0.2, 0.25) is 11.8 Å². The fourth-order valence-electron chi connectivity index (χ4n) is 2.77. The molecular formula is C21H41N2O7P. The lowest BCUT2D eigenvalue weighted by atomic mass is 10.1. The van der Waals surface area contributed by atoms with E-state index in [1.54, 1.807) is 34.6 Å². The van der Waals surface area contributed by atoms with E-state index in [0.717, 1.165) is 32.1 Å². The van der Waals surface area contributed by atoms with Crippen molar-refractivity contribution in [1.82, 2.24) is 10.9 Å². The summed E-state index contributed by atoms with van der Waals surface area (Å²) < 4.78 is 29.0. The zero-order valence-electron chi connectivity index (χ0n) is 20.0. The number of esters is 1. The van der Waals surface area contributed by atoms with E-state index in [1.807, 2.05) is 0 Å². The van der Waals surface area contributed by atoms with Crippen LogP contribution < -0.4 is 10.9 Å². The number of hydrogen-bond acceptors (Lipinski definition) is 7. The van der Waals surface area contributed by atoms with E-state index in [-0.39, 0.29) is 25.5 Å². The molecule has 0 aliphatic carbocycles. The normalized spacial score (nSPS) is 12.8. The maximum absolute atomic E-state index is 13.2. The molecule has 10 heteroatoms. The van der Waals surface area contributed by atoms with Crippen LogP contribution in [-0.2, 0) is 32.7 Å². The zero-order valence-corrected chi connectivity index (χ0v) is 20.8. The number of unbranched alkanes of at least 4 members (excludes halogenated alkanes) is 5. The highest BCUT2D eigenvalue weighted by Gasteiger charge is 2.44. The first-order valence-corrected chi connectivity index (χ1v) is 12.8. The number of nitrogens with one attached hydrogen (secondary N) is 2. The number of carbonyl (C=O) groups excluding carboxylic acids is 3. The molecule has 0 aromatic heterocycles. The Kier molecular flexibility index (Phi) is 14.7. The molecule has 0 saturated carbocycles. The van der Waals surface area contributed by atoms with Crippen LogP contribution in [0.15, 0.2) is 0 Å². The third kappa shape index (κ3) is 13.6. The Balaban J connectivity index is 4.88. The Morgan fingerprint density at radius 3 is 1.87 bits per heavy atom. The van der Waals surface area contributed by atoms with Gasteiger partial charge in [-0.15, -0.1) is 0 Å². The predicted molar refractivity (Wildman–Crippen MR) is 119 cm³/mol. The summed E-state index contributed by atoms with van der Waals surface area (Å²) in [6, 6.07) is 0. The summed E-state index contributed by atoms with van der Waals surface area (Å²) in [4.78, 5) is 36.9. The van der Waals surface area contributed by atoms with Crippen molar-refractivity contribution in [2.75, 3.05) is 13.2 Å². The van der Waals surface area contributed by atoms with Crippen LogP contribution in [0.2, 0.25) is 0 Å². The second-order valence-electron chi connectivity index (χ2n) is 8.24. The second-order valence-corrected chi connectivity index (χ2v) is 10.5. The molecule has 0 aromatic carbocycles. The Morgan fingerprint density at radius 1 is 0.839 bits per heavy atom. The van der Waals surface area contributed by atoms with Crippen molar-refractivity contribution in [3.8, 4) is 0 Å². The summed E-state index contributed by atoms with van der Waals surface area (Å²) in [6.45, 7) is 10.4. The molecule has 2 amide bonds. The Bertz CT molecular complexity index is 595. The SMILES string of the molecule is CCCCCCCCC(=O)NNC(=O)CC(C(=O)OC(C)(C)C)P(=O)(OCC)OCC. The molecule has 0 fully saturated rings. The molecule has 0 radical (unpaired) electrons. The van der Waals surface area contributed by atoms with Gasteiger partial charge in [-0.05, 0) is 41.0 Å². The molecule has 1 atom stereocenters. The summed E-state index contributed by atoms with van der Waals surface area (Å²) >= 11 is 0. The minimum absolute atomic E-state index is 0.0349. The van der Waals surface area contributed by atoms with E-state index in [0.29, 0.717) is 0 Å². The summed E-state index contributed by atoms with van der Waals surface area (Å²) in [6.07, 6.45) is 6.05. The molecule has 0 heterocycles. The largest absolute Gasteiger partial charge is 0.459 e. The van der Waals surface area contributed by atoms with Gasteiger partial charge in [-0.1, -0.05) is 39.0 Å². The summed E-state index contributed by atoms with van der Waals surface area (Å²) in [5.74, 6) is -1.87. The maximum Gasteiger partial charge on any atom is 0.345 e. The van der Waals surface area contributed by atoms with Crippen molar-refractivity contribution in [3.05, 3.63) is 0 Å². The van der Waals surface area contributed by atoms with Gasteiger partial charge in [-0.25, -0.2) is 0 Å². The van der Waals surface area contributed by atoms with Crippen LogP contribution in [0.1, 0.15) is 92.9 Å². The molecule has 0 aliphatic heterocycles. The van der Waals surface area contributed by atoms with Crippen LogP contribution in [0, 0.1) is 0 Å². The third-order valence-electron chi connectivity index (χ3n) is 4.16. The van der Waals surface area contributed by atoms with Crippen LogP contribution in [0.4, 0.5) is 0 Å². The fraction of sp³-hybridized carbons (Fsp3) is 0.857. The number of carbonyl (C=O) groups is 3. The quantitative estimate of drug-likeness (QED) is 0.161. The summed E-state index contributed by atoms with van der Waals surface area (Å²) in [7, 11) is -3.95. The average molecular weight is 465 g/mol. The van der Waals surface area contributed by atoms with Gasteiger partial charge in [-0.3, -0.25) is 29.8 Å². The molecule has 182 valence electrons. The van der Waals surface area contributed by atoms with Crippen molar-refractivity contribution in [2.24, 2.45) is 0 Å². The first-order chi connectivity index (χ1) is 14.5. The van der Waals surface area contributed by atoms with Crippen molar-refractivity contribution in [3.63, 3.8) is 0 Å². The number of hydrogen-bond donors (Lipinski definition) is 2. The molecule has 9 nitrogen and oxygen atoms in total. The predicted octanol–water partition coefficient (Wildman–Crippen LogP) is 4.25. The second kappa shape index (κ2) is 15.4. The van der Waals surface area contributed by atoms with Crippen LogP contribution in [-0.4, -0.2) is 42.3 Å². The van der Waals surface area contributed by atoms with E-state index in [4.69, 9.17) is 13.8 Å². The smallest absolute Gasteiger partial charge is 0.345 e. The van der Waals surface area contributed by atoms with Crippen LogP contribution >= 0.6 is 7.60 Å². The molecule has 0 aromatic rings. The van der Waals surface area contributed by atoms with Crippen LogP contribution in [0.25, 0.3) is 0 Å². The molecule has 0 bridgehead atoms. The van der Waals surface area contributed by atoms with Gasteiger partial charge in [0, 0.05) is 6.42 Å². The van der Waals surface area contributed by atoms with Crippen molar-refractivity contribution < 1.29 is 32.7 Å². The number of rotatable bonds is 15. The molecule has 0 spiro atoms. The Morgan fingerprint density at radius 2 is 1.35 bits per heavy atom. The van der Waals surface area contributed by atoms with E-state index in [9.17, 15) is 18.9 Å². The molecule has 1 unspecified atom stereocenters. The molecule has 31 heavy (non-hydrogen) atoms. The minimum Gasteiger partial charge on any atom is -0.459 e. The van der Waals surface area contributed by atoms with Gasteiger partial charge in [0.15, 0.2) is 5.66 Å². The van der Waals surface area contributed by atoms with Gasteiger partial charge in [-0.2, -0.15) is 0 Å². The van der Waals surface area contributed by atoms with Gasteiger partial charge < -0.3 is 13.8 Å². The zero-order chi connectivity index (χ0) is 23.9. The van der Waals surface area contributed by atoms with E-state index in [2.05, 4.69) is 17.8 Å². The Hall–Kier alpha value is -1.44. The molecular weight excluding hydrogens is 423 g/mol. The number of hydrazine groups is 1. The minimum atomic E-state index is -3.95. The van der Waals surface area contributed by atoms with Crippen molar-refractivity contribution >= 4 is 25.4 Å².